The summed E-state index contributed by atoms with van der Waals surface area (Å²) in [6, 6.07) is 9.41. The van der Waals surface area contributed by atoms with Gasteiger partial charge in [-0.3, -0.25) is 14.3 Å². The number of carbonyl (C=O) groups excluding carboxylic acids is 1. The molecule has 1 atom stereocenters. The van der Waals surface area contributed by atoms with Gasteiger partial charge in [-0.25, -0.2) is 18.6 Å². The SMILES string of the molecule is CNc1ccn(-c2ccnc3c2cc(C(C)N2CCC(c4c(F)cc(C(=O)OC)cc4F)CC2)n3C)c(=O)c1. The smallest absolute Gasteiger partial charge is 0.338 e. The maximum atomic E-state index is 14.8. The number of nitrogens with zero attached hydrogens (tertiary/aromatic N) is 4. The molecule has 1 N–H and O–H groups in total. The molecule has 5 rings (SSSR count). The van der Waals surface area contributed by atoms with Gasteiger partial charge in [-0.1, -0.05) is 0 Å². The highest BCUT2D eigenvalue weighted by Crippen LogP contribution is 2.36. The highest BCUT2D eigenvalue weighted by Gasteiger charge is 2.30. The third kappa shape index (κ3) is 4.80. The monoisotopic (exact) mass is 535 g/mol. The second-order valence-electron chi connectivity index (χ2n) is 9.90. The zero-order chi connectivity index (χ0) is 27.8. The summed E-state index contributed by atoms with van der Waals surface area (Å²) in [5.41, 5.74) is 3.04. The van der Waals surface area contributed by atoms with E-state index in [2.05, 4.69) is 32.9 Å². The highest BCUT2D eigenvalue weighted by molar-refractivity contribution is 5.89. The molecule has 0 bridgehead atoms. The molecule has 1 aliphatic rings. The Balaban J connectivity index is 1.38. The molecule has 204 valence electrons. The second kappa shape index (κ2) is 10.6. The number of fused-ring (bicyclic) bond motifs is 1. The number of aromatic nitrogens is 3. The van der Waals surface area contributed by atoms with Crippen molar-refractivity contribution in [1.82, 2.24) is 19.0 Å². The number of aryl methyl sites for hydroxylation is 1. The predicted octanol–water partition coefficient (Wildman–Crippen LogP) is 4.77. The van der Waals surface area contributed by atoms with Gasteiger partial charge < -0.3 is 14.6 Å². The van der Waals surface area contributed by atoms with Crippen LogP contribution in [0.5, 0.6) is 0 Å². The Labute approximate surface area is 224 Å². The number of esters is 1. The zero-order valence-corrected chi connectivity index (χ0v) is 22.4. The van der Waals surface area contributed by atoms with Crippen LogP contribution in [0, 0.1) is 11.6 Å². The number of nitrogens with one attached hydrogen (secondary N) is 1. The van der Waals surface area contributed by atoms with E-state index >= 15 is 0 Å². The van der Waals surface area contributed by atoms with Crippen molar-refractivity contribution in [2.45, 2.75) is 31.7 Å². The van der Waals surface area contributed by atoms with Crippen molar-refractivity contribution in [3.8, 4) is 5.69 Å². The van der Waals surface area contributed by atoms with Crippen LogP contribution in [0.2, 0.25) is 0 Å². The first-order valence-corrected chi connectivity index (χ1v) is 12.9. The van der Waals surface area contributed by atoms with Gasteiger partial charge in [-0.05, 0) is 69.1 Å². The summed E-state index contributed by atoms with van der Waals surface area (Å²) in [6.45, 7) is 3.40. The fourth-order valence-electron chi connectivity index (χ4n) is 5.64. The van der Waals surface area contributed by atoms with Crippen LogP contribution in [0.15, 0.2) is 53.6 Å². The maximum Gasteiger partial charge on any atom is 0.338 e. The van der Waals surface area contributed by atoms with E-state index in [9.17, 15) is 18.4 Å². The van der Waals surface area contributed by atoms with Crippen molar-refractivity contribution in [3.05, 3.63) is 87.6 Å². The molecule has 39 heavy (non-hydrogen) atoms. The third-order valence-corrected chi connectivity index (χ3v) is 7.82. The number of rotatable bonds is 6. The number of carbonyl (C=O) groups is 1. The first kappa shape index (κ1) is 26.6. The van der Waals surface area contributed by atoms with E-state index in [4.69, 9.17) is 0 Å². The lowest BCUT2D eigenvalue weighted by Crippen LogP contribution is -2.36. The standard InChI is InChI=1S/C29H31F2N5O3/c1-17(35-10-6-18(7-11-35)27-22(30)13-19(14-23(27)31)29(38)39-4)25-16-21-24(5-9-33-28(21)34(25)3)36-12-8-20(32-2)15-26(36)37/h5,8-9,12-18,32H,6-7,10-11H2,1-4H3. The number of piperidine rings is 1. The molecule has 1 aromatic carbocycles. The molecule has 3 aromatic heterocycles. The van der Waals surface area contributed by atoms with E-state index in [1.54, 1.807) is 30.1 Å². The molecular weight excluding hydrogens is 504 g/mol. The van der Waals surface area contributed by atoms with Gasteiger partial charge >= 0.3 is 5.97 Å². The van der Waals surface area contributed by atoms with Gasteiger partial charge in [-0.2, -0.15) is 0 Å². The minimum atomic E-state index is -0.768. The van der Waals surface area contributed by atoms with Crippen molar-refractivity contribution < 1.29 is 18.3 Å². The first-order valence-electron chi connectivity index (χ1n) is 12.9. The van der Waals surface area contributed by atoms with Crippen LogP contribution in [-0.4, -0.2) is 52.2 Å². The normalized spacial score (nSPS) is 15.4. The molecule has 4 aromatic rings. The minimum absolute atomic E-state index is 0.0118. The summed E-state index contributed by atoms with van der Waals surface area (Å²) in [4.78, 5) is 31.4. The van der Waals surface area contributed by atoms with Gasteiger partial charge in [-0.15, -0.1) is 0 Å². The highest BCUT2D eigenvalue weighted by atomic mass is 19.1. The van der Waals surface area contributed by atoms with Gasteiger partial charge in [0.25, 0.3) is 5.56 Å². The molecule has 0 radical (unpaired) electrons. The molecule has 1 saturated heterocycles. The molecule has 1 unspecified atom stereocenters. The van der Waals surface area contributed by atoms with E-state index in [-0.39, 0.29) is 28.6 Å². The van der Waals surface area contributed by atoms with E-state index in [1.165, 1.54) is 7.11 Å². The predicted molar refractivity (Wildman–Crippen MR) is 146 cm³/mol. The van der Waals surface area contributed by atoms with Gasteiger partial charge in [0.15, 0.2) is 0 Å². The Morgan fingerprint density at radius 1 is 1.13 bits per heavy atom. The maximum absolute atomic E-state index is 14.8. The van der Waals surface area contributed by atoms with E-state index in [0.29, 0.717) is 25.9 Å². The van der Waals surface area contributed by atoms with Crippen LogP contribution < -0.4 is 10.9 Å². The van der Waals surface area contributed by atoms with Crippen molar-refractivity contribution in [3.63, 3.8) is 0 Å². The molecule has 8 nitrogen and oxygen atoms in total. The van der Waals surface area contributed by atoms with Crippen molar-refractivity contribution in [2.75, 3.05) is 32.6 Å². The Hall–Kier alpha value is -4.05. The van der Waals surface area contributed by atoms with Crippen LogP contribution >= 0.6 is 0 Å². The fraction of sp³-hybridized carbons (Fsp3) is 0.345. The Morgan fingerprint density at radius 2 is 1.82 bits per heavy atom. The average molecular weight is 536 g/mol. The molecule has 1 fully saturated rings. The fourth-order valence-corrected chi connectivity index (χ4v) is 5.64. The van der Waals surface area contributed by atoms with Crippen molar-refractivity contribution in [1.29, 1.82) is 0 Å². The van der Waals surface area contributed by atoms with Crippen LogP contribution in [-0.2, 0) is 11.8 Å². The summed E-state index contributed by atoms with van der Waals surface area (Å²) in [5, 5.41) is 3.85. The Bertz CT molecular complexity index is 1580. The van der Waals surface area contributed by atoms with Crippen molar-refractivity contribution in [2.24, 2.45) is 7.05 Å². The third-order valence-electron chi connectivity index (χ3n) is 7.82. The number of halogens is 2. The summed E-state index contributed by atoms with van der Waals surface area (Å²) < 4.78 is 37.9. The van der Waals surface area contributed by atoms with E-state index < -0.39 is 17.6 Å². The number of ether oxygens (including phenoxy) is 1. The molecule has 1 aliphatic heterocycles. The number of hydrogen-bond donors (Lipinski definition) is 1. The summed E-state index contributed by atoms with van der Waals surface area (Å²) in [5.74, 6) is -2.48. The van der Waals surface area contributed by atoms with Gasteiger partial charge in [0.1, 0.15) is 17.3 Å². The van der Waals surface area contributed by atoms with Gasteiger partial charge in [0.2, 0.25) is 0 Å². The van der Waals surface area contributed by atoms with Crippen molar-refractivity contribution >= 4 is 22.7 Å². The molecule has 0 aliphatic carbocycles. The molecule has 0 amide bonds. The zero-order valence-electron chi connectivity index (χ0n) is 22.4. The largest absolute Gasteiger partial charge is 0.465 e. The van der Waals surface area contributed by atoms with E-state index in [1.807, 2.05) is 23.7 Å². The number of benzene rings is 1. The van der Waals surface area contributed by atoms with Crippen LogP contribution in [0.1, 0.15) is 53.3 Å². The number of likely N-dealkylation sites (tertiary alicyclic amines) is 1. The molecular formula is C29H31F2N5O3. The average Bonchev–Trinajstić information content (AvgIpc) is 3.28. The van der Waals surface area contributed by atoms with Crippen LogP contribution in [0.25, 0.3) is 16.7 Å². The molecule has 0 spiro atoms. The van der Waals surface area contributed by atoms with Crippen LogP contribution in [0.4, 0.5) is 14.5 Å². The minimum Gasteiger partial charge on any atom is -0.465 e. The quantitative estimate of drug-likeness (QED) is 0.358. The van der Waals surface area contributed by atoms with E-state index in [0.717, 1.165) is 40.2 Å². The number of hydrogen-bond acceptors (Lipinski definition) is 6. The molecule has 0 saturated carbocycles. The lowest BCUT2D eigenvalue weighted by atomic mass is 9.87. The van der Waals surface area contributed by atoms with Gasteiger partial charge in [0, 0.05) is 60.9 Å². The number of pyridine rings is 2. The summed E-state index contributed by atoms with van der Waals surface area (Å²) >= 11 is 0. The Kier molecular flexibility index (Phi) is 7.22. The first-order chi connectivity index (χ1) is 18.7. The number of anilines is 1. The summed E-state index contributed by atoms with van der Waals surface area (Å²) in [6.07, 6.45) is 4.61. The molecule has 4 heterocycles. The van der Waals surface area contributed by atoms with Crippen LogP contribution in [0.3, 0.4) is 0 Å². The number of methoxy groups -OCH3 is 1. The Morgan fingerprint density at radius 3 is 2.44 bits per heavy atom. The molecule has 10 heteroatoms. The summed E-state index contributed by atoms with van der Waals surface area (Å²) in [7, 11) is 4.90. The topological polar surface area (TPSA) is 81.4 Å². The lowest BCUT2D eigenvalue weighted by molar-refractivity contribution is 0.0599. The second-order valence-corrected chi connectivity index (χ2v) is 9.90. The van der Waals surface area contributed by atoms with Gasteiger partial charge in [0.05, 0.1) is 18.4 Å². The lowest BCUT2D eigenvalue weighted by Gasteiger charge is -2.36.